The Morgan fingerprint density at radius 3 is 2.75 bits per heavy atom. The van der Waals surface area contributed by atoms with Gasteiger partial charge in [0.1, 0.15) is 19.6 Å². The number of ether oxygens (including phenoxy) is 2. The molecule has 0 atom stereocenters. The van der Waals surface area contributed by atoms with E-state index in [0.29, 0.717) is 34.4 Å². The van der Waals surface area contributed by atoms with Crippen LogP contribution in [0, 0.1) is 0 Å². The van der Waals surface area contributed by atoms with Crippen LogP contribution < -0.4 is 9.47 Å². The normalized spacial score (nSPS) is 9.94. The fourth-order valence-electron chi connectivity index (χ4n) is 1.20. The third-order valence-electron chi connectivity index (χ3n) is 1.79. The van der Waals surface area contributed by atoms with E-state index in [1.165, 1.54) is 0 Å². The van der Waals surface area contributed by atoms with E-state index >= 15 is 0 Å². The summed E-state index contributed by atoms with van der Waals surface area (Å²) in [6.07, 6.45) is 0.714. The van der Waals surface area contributed by atoms with Gasteiger partial charge in [-0.25, -0.2) is 4.39 Å². The van der Waals surface area contributed by atoms with Gasteiger partial charge in [0.25, 0.3) is 0 Å². The number of carbonyl (C=O) groups excluding carboxylic acids is 1. The second kappa shape index (κ2) is 6.48. The average molecular weight is 291 g/mol. The van der Waals surface area contributed by atoms with Gasteiger partial charge in [-0.1, -0.05) is 0 Å². The van der Waals surface area contributed by atoms with Crippen LogP contribution in [0.25, 0.3) is 0 Å². The van der Waals surface area contributed by atoms with Crippen LogP contribution in [-0.2, 0) is 0 Å². The van der Waals surface area contributed by atoms with Gasteiger partial charge in [0.05, 0.1) is 11.1 Å². The Morgan fingerprint density at radius 2 is 2.19 bits per heavy atom. The van der Waals surface area contributed by atoms with Crippen LogP contribution in [0.2, 0.25) is 0 Å². The molecule has 0 spiro atoms. The van der Waals surface area contributed by atoms with Crippen LogP contribution in [0.15, 0.2) is 16.6 Å². The minimum Gasteiger partial charge on any atom is -0.490 e. The zero-order valence-electron chi connectivity index (χ0n) is 8.83. The number of alkyl halides is 1. The molecule has 1 aromatic rings. The molecule has 0 bridgehead atoms. The van der Waals surface area contributed by atoms with Crippen molar-refractivity contribution >= 4 is 22.2 Å². The Labute approximate surface area is 102 Å². The number of carbonyl (C=O) groups is 1. The zero-order valence-corrected chi connectivity index (χ0v) is 10.4. The second-order valence-electron chi connectivity index (χ2n) is 2.92. The Bertz CT molecular complexity index is 368. The van der Waals surface area contributed by atoms with Gasteiger partial charge < -0.3 is 9.47 Å². The molecular weight excluding hydrogens is 279 g/mol. The summed E-state index contributed by atoms with van der Waals surface area (Å²) in [5.74, 6) is 0.859. The van der Waals surface area contributed by atoms with Crippen LogP contribution >= 0.6 is 15.9 Å². The van der Waals surface area contributed by atoms with E-state index in [2.05, 4.69) is 15.9 Å². The van der Waals surface area contributed by atoms with Crippen LogP contribution in [0.4, 0.5) is 4.39 Å². The summed E-state index contributed by atoms with van der Waals surface area (Å²) in [5.41, 5.74) is 0.475. The third kappa shape index (κ3) is 3.20. The predicted octanol–water partition coefficient (Wildman–Crippen LogP) is 3.01. The van der Waals surface area contributed by atoms with Gasteiger partial charge in [-0.2, -0.15) is 0 Å². The molecule has 0 saturated heterocycles. The zero-order chi connectivity index (χ0) is 12.0. The molecule has 0 aromatic heterocycles. The monoisotopic (exact) mass is 290 g/mol. The van der Waals surface area contributed by atoms with Crippen molar-refractivity contribution < 1.29 is 18.7 Å². The van der Waals surface area contributed by atoms with Crippen LogP contribution in [-0.4, -0.2) is 26.2 Å². The highest BCUT2D eigenvalue weighted by molar-refractivity contribution is 9.10. The summed E-state index contributed by atoms with van der Waals surface area (Å²) in [5, 5.41) is 0. The van der Waals surface area contributed by atoms with Crippen molar-refractivity contribution in [3.63, 3.8) is 0 Å². The van der Waals surface area contributed by atoms with Crippen molar-refractivity contribution in [2.45, 2.75) is 6.92 Å². The van der Waals surface area contributed by atoms with Gasteiger partial charge in [0.2, 0.25) is 0 Å². The maximum absolute atomic E-state index is 12.0. The summed E-state index contributed by atoms with van der Waals surface area (Å²) in [7, 11) is 0. The highest BCUT2D eigenvalue weighted by atomic mass is 79.9. The van der Waals surface area contributed by atoms with E-state index in [-0.39, 0.29) is 6.61 Å². The molecule has 1 rings (SSSR count). The number of benzene rings is 1. The topological polar surface area (TPSA) is 35.5 Å². The Balaban J connectivity index is 3.06. The van der Waals surface area contributed by atoms with E-state index in [1.807, 2.05) is 6.92 Å². The molecular formula is C11H12BrFO3. The van der Waals surface area contributed by atoms with Crippen molar-refractivity contribution in [1.29, 1.82) is 0 Å². The third-order valence-corrected chi connectivity index (χ3v) is 2.38. The molecule has 0 aliphatic rings. The lowest BCUT2D eigenvalue weighted by molar-refractivity contribution is 0.112. The lowest BCUT2D eigenvalue weighted by Crippen LogP contribution is -2.03. The first kappa shape index (κ1) is 13.0. The molecule has 0 aliphatic heterocycles. The van der Waals surface area contributed by atoms with E-state index in [0.717, 1.165) is 0 Å². The largest absolute Gasteiger partial charge is 0.490 e. The van der Waals surface area contributed by atoms with E-state index in [4.69, 9.17) is 9.47 Å². The lowest BCUT2D eigenvalue weighted by atomic mass is 10.2. The summed E-state index contributed by atoms with van der Waals surface area (Å²) in [6.45, 7) is 1.65. The second-order valence-corrected chi connectivity index (χ2v) is 3.77. The first-order valence-electron chi connectivity index (χ1n) is 4.83. The average Bonchev–Trinajstić information content (AvgIpc) is 2.28. The maximum atomic E-state index is 12.0. The first-order valence-corrected chi connectivity index (χ1v) is 5.62. The molecule has 16 heavy (non-hydrogen) atoms. The minimum absolute atomic E-state index is 0.0425. The summed E-state index contributed by atoms with van der Waals surface area (Å²) in [6, 6.07) is 3.16. The summed E-state index contributed by atoms with van der Waals surface area (Å²) in [4.78, 5) is 10.7. The first-order chi connectivity index (χ1) is 7.72. The van der Waals surface area contributed by atoms with Crippen LogP contribution in [0.5, 0.6) is 11.5 Å². The van der Waals surface area contributed by atoms with Crippen molar-refractivity contribution in [3.05, 3.63) is 22.2 Å². The van der Waals surface area contributed by atoms with Crippen molar-refractivity contribution in [1.82, 2.24) is 0 Å². The molecule has 0 N–H and O–H groups in total. The van der Waals surface area contributed by atoms with Gasteiger partial charge in [-0.05, 0) is 35.0 Å². The number of rotatable bonds is 6. The summed E-state index contributed by atoms with van der Waals surface area (Å²) >= 11 is 3.25. The maximum Gasteiger partial charge on any atom is 0.175 e. The van der Waals surface area contributed by atoms with Gasteiger partial charge in [-0.3, -0.25) is 4.79 Å². The number of aldehydes is 1. The number of hydrogen-bond acceptors (Lipinski definition) is 3. The lowest BCUT2D eigenvalue weighted by Gasteiger charge is -2.13. The molecule has 1 aromatic carbocycles. The van der Waals surface area contributed by atoms with Gasteiger partial charge in [0, 0.05) is 5.56 Å². The smallest absolute Gasteiger partial charge is 0.175 e. The number of hydrogen-bond donors (Lipinski definition) is 0. The molecule has 88 valence electrons. The van der Waals surface area contributed by atoms with Crippen molar-refractivity contribution in [2.75, 3.05) is 19.9 Å². The SMILES string of the molecule is CCOc1cc(C=O)cc(Br)c1OCCF. The molecule has 0 heterocycles. The van der Waals surface area contributed by atoms with Crippen molar-refractivity contribution in [3.8, 4) is 11.5 Å². The Morgan fingerprint density at radius 1 is 1.44 bits per heavy atom. The van der Waals surface area contributed by atoms with E-state index < -0.39 is 6.67 Å². The highest BCUT2D eigenvalue weighted by Gasteiger charge is 2.11. The fraction of sp³-hybridized carbons (Fsp3) is 0.364. The van der Waals surface area contributed by atoms with E-state index in [9.17, 15) is 9.18 Å². The molecule has 0 saturated carbocycles. The Kier molecular flexibility index (Phi) is 5.25. The molecule has 0 fully saturated rings. The van der Waals surface area contributed by atoms with E-state index in [1.54, 1.807) is 12.1 Å². The van der Waals surface area contributed by atoms with Gasteiger partial charge >= 0.3 is 0 Å². The summed E-state index contributed by atoms with van der Waals surface area (Å²) < 4.78 is 23.1. The molecule has 0 aliphatic carbocycles. The van der Waals surface area contributed by atoms with Crippen LogP contribution in [0.3, 0.4) is 0 Å². The van der Waals surface area contributed by atoms with Crippen molar-refractivity contribution in [2.24, 2.45) is 0 Å². The standard InChI is InChI=1S/C11H12BrFO3/c1-2-15-10-6-8(7-14)5-9(12)11(10)16-4-3-13/h5-7H,2-4H2,1H3. The molecule has 0 radical (unpaired) electrons. The Hall–Kier alpha value is -1.10. The molecule has 0 amide bonds. The van der Waals surface area contributed by atoms with Crippen LogP contribution in [0.1, 0.15) is 17.3 Å². The highest BCUT2D eigenvalue weighted by Crippen LogP contribution is 2.36. The quantitative estimate of drug-likeness (QED) is 0.756. The fourth-order valence-corrected chi connectivity index (χ4v) is 1.77. The molecule has 3 nitrogen and oxygen atoms in total. The molecule has 0 unspecified atom stereocenters. The predicted molar refractivity (Wildman–Crippen MR) is 62.2 cm³/mol. The minimum atomic E-state index is -0.576. The van der Waals surface area contributed by atoms with Gasteiger partial charge in [-0.15, -0.1) is 0 Å². The number of halogens is 2. The molecule has 5 heteroatoms. The van der Waals surface area contributed by atoms with Gasteiger partial charge in [0.15, 0.2) is 11.5 Å².